The molecule has 0 aliphatic rings. The second kappa shape index (κ2) is 6.47. The van der Waals surface area contributed by atoms with Crippen LogP contribution in [0.2, 0.25) is 0 Å². The van der Waals surface area contributed by atoms with Crippen molar-refractivity contribution in [3.8, 4) is 11.5 Å². The summed E-state index contributed by atoms with van der Waals surface area (Å²) in [5, 5.41) is 0. The van der Waals surface area contributed by atoms with Gasteiger partial charge in [-0.05, 0) is 39.8 Å². The molecule has 0 aromatic heterocycles. The number of hydrogen-bond acceptors (Lipinski definition) is 5. The molecule has 118 valence electrons. The maximum Gasteiger partial charge on any atom is 0.163 e. The number of rotatable bonds is 6. The average molecular weight is 314 g/mol. The fourth-order valence-electron chi connectivity index (χ4n) is 1.61. The van der Waals surface area contributed by atoms with E-state index in [0.717, 1.165) is 0 Å². The molecule has 1 rings (SSSR count). The van der Waals surface area contributed by atoms with Gasteiger partial charge in [-0.25, -0.2) is 8.42 Å². The molecule has 0 heterocycles. The van der Waals surface area contributed by atoms with E-state index in [-0.39, 0.29) is 18.1 Å². The minimum Gasteiger partial charge on any atom is -0.497 e. The number of ether oxygens (including phenoxy) is 2. The smallest absolute Gasteiger partial charge is 0.163 e. The second-order valence-electron chi connectivity index (χ2n) is 5.70. The summed E-state index contributed by atoms with van der Waals surface area (Å²) >= 11 is 0. The lowest BCUT2D eigenvalue weighted by molar-refractivity contribution is 0.101. The van der Waals surface area contributed by atoms with Crippen LogP contribution in [-0.4, -0.2) is 38.4 Å². The van der Waals surface area contributed by atoms with Crippen LogP contribution in [0.25, 0.3) is 0 Å². The van der Waals surface area contributed by atoms with Gasteiger partial charge in [-0.3, -0.25) is 4.79 Å². The number of hydrogen-bond donors (Lipinski definition) is 0. The number of methoxy groups -OCH3 is 1. The summed E-state index contributed by atoms with van der Waals surface area (Å²) in [6, 6.07) is 4.85. The zero-order valence-corrected chi connectivity index (χ0v) is 13.9. The highest BCUT2D eigenvalue weighted by atomic mass is 32.2. The highest BCUT2D eigenvalue weighted by Crippen LogP contribution is 2.25. The normalized spacial score (nSPS) is 12.0. The predicted octanol–water partition coefficient (Wildman–Crippen LogP) is 2.49. The third-order valence-corrected chi connectivity index (χ3v) is 5.68. The molecule has 0 radical (unpaired) electrons. The Hall–Kier alpha value is -1.56. The lowest BCUT2D eigenvalue weighted by Crippen LogP contribution is -2.32. The topological polar surface area (TPSA) is 69.7 Å². The number of carbonyl (C=O) groups is 1. The quantitative estimate of drug-likeness (QED) is 0.755. The van der Waals surface area contributed by atoms with Crippen LogP contribution in [-0.2, 0) is 9.84 Å². The summed E-state index contributed by atoms with van der Waals surface area (Å²) in [5.74, 6) is 0.636. The van der Waals surface area contributed by atoms with Gasteiger partial charge in [-0.15, -0.1) is 0 Å². The number of Topliss-reactive ketones (excluding diaryl/α,β-unsaturated/α-hetero) is 1. The zero-order valence-electron chi connectivity index (χ0n) is 13.1. The van der Waals surface area contributed by atoms with Crippen molar-refractivity contribution in [2.45, 2.75) is 32.4 Å². The first-order valence-electron chi connectivity index (χ1n) is 6.62. The van der Waals surface area contributed by atoms with Crippen LogP contribution in [0.5, 0.6) is 11.5 Å². The first-order valence-corrected chi connectivity index (χ1v) is 8.28. The maximum atomic E-state index is 12.0. The first-order chi connectivity index (χ1) is 9.58. The number of sulfone groups is 1. The first kappa shape index (κ1) is 17.5. The SMILES string of the molecule is COc1ccc(C(C)=O)c(OCCS(=O)(=O)C(C)(C)C)c1. The van der Waals surface area contributed by atoms with Gasteiger partial charge in [0.05, 0.1) is 23.2 Å². The molecule has 5 nitrogen and oxygen atoms in total. The van der Waals surface area contributed by atoms with Gasteiger partial charge in [-0.1, -0.05) is 0 Å². The van der Waals surface area contributed by atoms with E-state index in [1.807, 2.05) is 0 Å². The summed E-state index contributed by atoms with van der Waals surface area (Å²) < 4.78 is 33.8. The summed E-state index contributed by atoms with van der Waals surface area (Å²) in [7, 11) is -1.75. The molecule has 1 aromatic rings. The second-order valence-corrected chi connectivity index (χ2v) is 8.56. The van der Waals surface area contributed by atoms with Crippen molar-refractivity contribution in [2.24, 2.45) is 0 Å². The molecule has 21 heavy (non-hydrogen) atoms. The zero-order chi connectivity index (χ0) is 16.3. The van der Waals surface area contributed by atoms with E-state index in [1.165, 1.54) is 14.0 Å². The standard InChI is InChI=1S/C15H22O5S/c1-11(16)13-7-6-12(19-5)10-14(13)20-8-9-21(17,18)15(2,3)4/h6-7,10H,8-9H2,1-5H3. The molecule has 0 saturated carbocycles. The molecule has 0 aliphatic heterocycles. The lowest BCUT2D eigenvalue weighted by atomic mass is 10.1. The summed E-state index contributed by atoms with van der Waals surface area (Å²) in [6.07, 6.45) is 0. The van der Waals surface area contributed by atoms with Crippen molar-refractivity contribution in [3.05, 3.63) is 23.8 Å². The Morgan fingerprint density at radius 2 is 1.86 bits per heavy atom. The highest BCUT2D eigenvalue weighted by molar-refractivity contribution is 7.92. The average Bonchev–Trinajstić information content (AvgIpc) is 2.36. The number of carbonyl (C=O) groups excluding carboxylic acids is 1. The Kier molecular flexibility index (Phi) is 5.39. The van der Waals surface area contributed by atoms with Gasteiger partial charge >= 0.3 is 0 Å². The van der Waals surface area contributed by atoms with E-state index in [4.69, 9.17) is 9.47 Å². The molecule has 0 bridgehead atoms. The van der Waals surface area contributed by atoms with Crippen LogP contribution in [0.3, 0.4) is 0 Å². The van der Waals surface area contributed by atoms with Gasteiger partial charge in [0.15, 0.2) is 15.6 Å². The van der Waals surface area contributed by atoms with Gasteiger partial charge in [0.2, 0.25) is 0 Å². The summed E-state index contributed by atoms with van der Waals surface area (Å²) in [5.41, 5.74) is 0.406. The third kappa shape index (κ3) is 4.46. The molecule has 0 fully saturated rings. The van der Waals surface area contributed by atoms with E-state index in [9.17, 15) is 13.2 Å². The minimum atomic E-state index is -3.26. The van der Waals surface area contributed by atoms with Gasteiger partial charge in [0.25, 0.3) is 0 Å². The van der Waals surface area contributed by atoms with Gasteiger partial charge in [0.1, 0.15) is 18.1 Å². The Balaban J connectivity index is 2.86. The molecule has 0 N–H and O–H groups in total. The molecular weight excluding hydrogens is 292 g/mol. The highest BCUT2D eigenvalue weighted by Gasteiger charge is 2.28. The van der Waals surface area contributed by atoms with Crippen LogP contribution >= 0.6 is 0 Å². The Morgan fingerprint density at radius 3 is 2.33 bits per heavy atom. The summed E-state index contributed by atoms with van der Waals surface area (Å²) in [4.78, 5) is 11.5. The van der Waals surface area contributed by atoms with E-state index in [1.54, 1.807) is 39.0 Å². The Labute approximate surface area is 126 Å². The van der Waals surface area contributed by atoms with Crippen LogP contribution in [0.15, 0.2) is 18.2 Å². The van der Waals surface area contributed by atoms with Crippen molar-refractivity contribution < 1.29 is 22.7 Å². The van der Waals surface area contributed by atoms with Crippen molar-refractivity contribution in [2.75, 3.05) is 19.5 Å². The molecule has 0 spiro atoms. The van der Waals surface area contributed by atoms with Crippen LogP contribution in [0.1, 0.15) is 38.1 Å². The number of ketones is 1. The van der Waals surface area contributed by atoms with Crippen molar-refractivity contribution in [1.29, 1.82) is 0 Å². The van der Waals surface area contributed by atoms with Gasteiger partial charge in [-0.2, -0.15) is 0 Å². The van der Waals surface area contributed by atoms with E-state index in [2.05, 4.69) is 0 Å². The molecule has 0 amide bonds. The van der Waals surface area contributed by atoms with Crippen molar-refractivity contribution in [3.63, 3.8) is 0 Å². The minimum absolute atomic E-state index is 0.00689. The fourth-order valence-corrected chi connectivity index (χ4v) is 2.52. The van der Waals surface area contributed by atoms with Crippen molar-refractivity contribution >= 4 is 15.6 Å². The fraction of sp³-hybridized carbons (Fsp3) is 0.533. The molecule has 0 aliphatic carbocycles. The van der Waals surface area contributed by atoms with Crippen molar-refractivity contribution in [1.82, 2.24) is 0 Å². The van der Waals surface area contributed by atoms with Crippen LogP contribution < -0.4 is 9.47 Å². The molecule has 0 unspecified atom stereocenters. The monoisotopic (exact) mass is 314 g/mol. The molecule has 1 aromatic carbocycles. The van der Waals surface area contributed by atoms with E-state index >= 15 is 0 Å². The third-order valence-electron chi connectivity index (χ3n) is 3.11. The predicted molar refractivity (Wildman–Crippen MR) is 82.0 cm³/mol. The van der Waals surface area contributed by atoms with Crippen LogP contribution in [0.4, 0.5) is 0 Å². The van der Waals surface area contributed by atoms with Gasteiger partial charge < -0.3 is 9.47 Å². The molecule has 0 saturated heterocycles. The molecule has 0 atom stereocenters. The van der Waals surface area contributed by atoms with E-state index in [0.29, 0.717) is 17.1 Å². The van der Waals surface area contributed by atoms with Gasteiger partial charge in [0, 0.05) is 6.07 Å². The maximum absolute atomic E-state index is 12.0. The summed E-state index contributed by atoms with van der Waals surface area (Å²) in [6.45, 7) is 6.37. The van der Waals surface area contributed by atoms with Crippen LogP contribution in [0, 0.1) is 0 Å². The lowest BCUT2D eigenvalue weighted by Gasteiger charge is -2.19. The van der Waals surface area contributed by atoms with E-state index < -0.39 is 14.6 Å². The largest absolute Gasteiger partial charge is 0.497 e. The molecular formula is C15H22O5S. The Morgan fingerprint density at radius 1 is 1.24 bits per heavy atom. The number of benzene rings is 1. The Bertz CT molecular complexity index is 611. The molecule has 6 heteroatoms.